The molecule has 0 heterocycles. The van der Waals surface area contributed by atoms with Crippen molar-refractivity contribution in [2.75, 3.05) is 40.9 Å². The molecule has 0 aliphatic rings. The van der Waals surface area contributed by atoms with Crippen LogP contribution in [-0.4, -0.2) is 73.4 Å². The van der Waals surface area contributed by atoms with Crippen molar-refractivity contribution in [3.05, 3.63) is 72.9 Å². The van der Waals surface area contributed by atoms with Gasteiger partial charge < -0.3 is 19.8 Å². The Labute approximate surface area is 402 Å². The number of phosphoric ester groups is 1. The van der Waals surface area contributed by atoms with Crippen LogP contribution in [0.4, 0.5) is 0 Å². The number of nitrogens with zero attached hydrogens (tertiary/aromatic N) is 1. The van der Waals surface area contributed by atoms with Crippen molar-refractivity contribution in [3.63, 3.8) is 0 Å². The van der Waals surface area contributed by atoms with Gasteiger partial charge in [-0.3, -0.25) is 13.8 Å². The van der Waals surface area contributed by atoms with E-state index in [2.05, 4.69) is 92.1 Å². The second kappa shape index (κ2) is 47.0. The van der Waals surface area contributed by atoms with E-state index in [1.807, 2.05) is 21.1 Å². The number of hydrogen-bond donors (Lipinski definition) is 3. The lowest BCUT2D eigenvalue weighted by molar-refractivity contribution is -0.870. The second-order valence-corrected chi connectivity index (χ2v) is 20.7. The number of carbonyl (C=O) groups is 1. The highest BCUT2D eigenvalue weighted by atomic mass is 31.2. The zero-order chi connectivity index (χ0) is 47.8. The molecular formula is C56H104N2O6P+. The fourth-order valence-electron chi connectivity index (χ4n) is 7.52. The van der Waals surface area contributed by atoms with Crippen molar-refractivity contribution in [2.45, 2.75) is 238 Å². The first-order valence-corrected chi connectivity index (χ1v) is 28.3. The topological polar surface area (TPSA) is 105 Å². The highest BCUT2D eigenvalue weighted by Crippen LogP contribution is 2.43. The van der Waals surface area contributed by atoms with E-state index >= 15 is 0 Å². The quantitative estimate of drug-likeness (QED) is 0.0243. The number of hydrogen-bond acceptors (Lipinski definition) is 5. The van der Waals surface area contributed by atoms with Crippen molar-refractivity contribution in [2.24, 2.45) is 0 Å². The predicted octanol–water partition coefficient (Wildman–Crippen LogP) is 15.9. The summed E-state index contributed by atoms with van der Waals surface area (Å²) < 4.78 is 23.7. The Morgan fingerprint density at radius 1 is 0.538 bits per heavy atom. The number of likely N-dealkylation sites (N-methyl/N-ethyl adjacent to an activating group) is 1. The van der Waals surface area contributed by atoms with Crippen LogP contribution in [0.1, 0.15) is 226 Å². The molecule has 0 spiro atoms. The molecule has 9 heteroatoms. The number of nitrogens with one attached hydrogen (secondary N) is 1. The maximum atomic E-state index is 13.0. The monoisotopic (exact) mass is 932 g/mol. The minimum atomic E-state index is -4.33. The van der Waals surface area contributed by atoms with Crippen LogP contribution in [0, 0.1) is 0 Å². The van der Waals surface area contributed by atoms with Gasteiger partial charge in [-0.1, -0.05) is 228 Å². The molecule has 3 unspecified atom stereocenters. The summed E-state index contributed by atoms with van der Waals surface area (Å²) in [5, 5.41) is 14.0. The third-order valence-corrected chi connectivity index (χ3v) is 12.7. The largest absolute Gasteiger partial charge is 0.472 e. The summed E-state index contributed by atoms with van der Waals surface area (Å²) in [5.41, 5.74) is 0. The van der Waals surface area contributed by atoms with E-state index in [0.29, 0.717) is 23.9 Å². The number of aliphatic hydroxyl groups excluding tert-OH is 1. The van der Waals surface area contributed by atoms with Crippen LogP contribution in [0.15, 0.2) is 72.9 Å². The summed E-state index contributed by atoms with van der Waals surface area (Å²) in [6, 6.07) is -0.773. The molecule has 0 aromatic heterocycles. The molecule has 0 fully saturated rings. The van der Waals surface area contributed by atoms with E-state index in [1.165, 1.54) is 109 Å². The molecule has 0 bridgehead atoms. The highest BCUT2D eigenvalue weighted by molar-refractivity contribution is 7.47. The molecule has 0 saturated heterocycles. The van der Waals surface area contributed by atoms with Gasteiger partial charge in [0.15, 0.2) is 0 Å². The Balaban J connectivity index is 4.29. The first-order valence-electron chi connectivity index (χ1n) is 26.8. The highest BCUT2D eigenvalue weighted by Gasteiger charge is 2.28. The molecule has 0 saturated carbocycles. The fraction of sp³-hybridized carbons (Fsp3) is 0.768. The van der Waals surface area contributed by atoms with Crippen LogP contribution in [0.2, 0.25) is 0 Å². The van der Waals surface area contributed by atoms with Crippen LogP contribution in [0.5, 0.6) is 0 Å². The van der Waals surface area contributed by atoms with E-state index in [4.69, 9.17) is 9.05 Å². The minimum absolute atomic E-state index is 0.0681. The smallest absolute Gasteiger partial charge is 0.391 e. The number of unbranched alkanes of at least 4 members (excludes halogenated alkanes) is 23. The summed E-state index contributed by atoms with van der Waals surface area (Å²) in [7, 11) is 1.60. The van der Waals surface area contributed by atoms with Gasteiger partial charge in [-0.15, -0.1) is 0 Å². The van der Waals surface area contributed by atoms with Gasteiger partial charge in [0.05, 0.1) is 39.9 Å². The van der Waals surface area contributed by atoms with Gasteiger partial charge in [0.25, 0.3) is 0 Å². The Morgan fingerprint density at radius 3 is 1.35 bits per heavy atom. The van der Waals surface area contributed by atoms with E-state index in [1.54, 1.807) is 0 Å². The zero-order valence-electron chi connectivity index (χ0n) is 43.0. The number of allylic oxidation sites excluding steroid dienone is 12. The van der Waals surface area contributed by atoms with E-state index in [0.717, 1.165) is 89.9 Å². The number of rotatable bonds is 48. The molecule has 0 radical (unpaired) electrons. The van der Waals surface area contributed by atoms with Crippen LogP contribution < -0.4 is 5.32 Å². The standard InChI is InChI=1S/C56H103N2O6P/c1-6-8-10-12-14-16-18-20-22-24-26-27-28-29-30-31-32-34-36-38-40-42-44-46-48-50-56(60)57-54(53-64-65(61,62)63-52-51-58(3,4)5)55(59)49-47-45-43-41-39-37-35-33-25-23-21-19-17-15-13-11-9-7-2/h8,10,14,16,20,22,26-27,29-30,32,34,54-55,59H,6-7,9,11-13,15,17-19,21,23-25,28,31,33,35-53H2,1-5H3,(H-,57,60,61,62)/p+1/b10-8-,16-14-,22-20-,27-26-,30-29-,34-32-. The van der Waals surface area contributed by atoms with Crippen LogP contribution in [-0.2, 0) is 18.4 Å². The minimum Gasteiger partial charge on any atom is -0.391 e. The molecule has 0 aromatic rings. The number of carbonyl (C=O) groups excluding carboxylic acids is 1. The predicted molar refractivity (Wildman–Crippen MR) is 281 cm³/mol. The van der Waals surface area contributed by atoms with Gasteiger partial charge in [0.1, 0.15) is 13.2 Å². The summed E-state index contributed by atoms with van der Waals surface area (Å²) in [4.78, 5) is 23.3. The Hall–Kier alpha value is -2.06. The van der Waals surface area contributed by atoms with Crippen molar-refractivity contribution in [1.29, 1.82) is 0 Å². The third kappa shape index (κ3) is 49.7. The number of amides is 1. The van der Waals surface area contributed by atoms with Gasteiger partial charge in [-0.25, -0.2) is 4.57 Å². The van der Waals surface area contributed by atoms with Gasteiger partial charge in [0.2, 0.25) is 5.91 Å². The lowest BCUT2D eigenvalue weighted by Crippen LogP contribution is -2.46. The first kappa shape index (κ1) is 62.9. The lowest BCUT2D eigenvalue weighted by Gasteiger charge is -2.26. The van der Waals surface area contributed by atoms with E-state index in [9.17, 15) is 19.4 Å². The molecule has 1 amide bonds. The maximum Gasteiger partial charge on any atom is 0.472 e. The molecule has 378 valence electrons. The van der Waals surface area contributed by atoms with Crippen LogP contribution >= 0.6 is 7.82 Å². The molecule has 65 heavy (non-hydrogen) atoms. The van der Waals surface area contributed by atoms with Crippen LogP contribution in [0.25, 0.3) is 0 Å². The molecular weight excluding hydrogens is 828 g/mol. The number of phosphoric acid groups is 1. The van der Waals surface area contributed by atoms with E-state index in [-0.39, 0.29) is 19.1 Å². The Kier molecular flexibility index (Phi) is 45.5. The SMILES string of the molecule is CC/C=C\C/C=C\C/C=C\C/C=C\C/C=C\C/C=C\CCCCCCCCC(=O)NC(COP(=O)(O)OCC[N+](C)(C)C)C(O)CCCCCCCCCCCCCCCCCCCC. The van der Waals surface area contributed by atoms with Gasteiger partial charge in [-0.05, 0) is 64.2 Å². The summed E-state index contributed by atoms with van der Waals surface area (Å²) >= 11 is 0. The van der Waals surface area contributed by atoms with Gasteiger partial charge in [0, 0.05) is 6.42 Å². The van der Waals surface area contributed by atoms with Crippen LogP contribution in [0.3, 0.4) is 0 Å². The fourth-order valence-corrected chi connectivity index (χ4v) is 8.26. The molecule has 0 aliphatic carbocycles. The normalized spacial score (nSPS) is 14.6. The van der Waals surface area contributed by atoms with Gasteiger partial charge >= 0.3 is 7.82 Å². The number of quaternary nitrogens is 1. The lowest BCUT2D eigenvalue weighted by atomic mass is 10.0. The average molecular weight is 932 g/mol. The molecule has 0 rings (SSSR count). The van der Waals surface area contributed by atoms with Crippen molar-refractivity contribution in [3.8, 4) is 0 Å². The summed E-state index contributed by atoms with van der Waals surface area (Å²) in [5.74, 6) is -0.160. The first-order chi connectivity index (χ1) is 31.5. The number of aliphatic hydroxyl groups is 1. The zero-order valence-corrected chi connectivity index (χ0v) is 43.9. The van der Waals surface area contributed by atoms with Crippen molar-refractivity contribution >= 4 is 13.7 Å². The Bertz CT molecular complexity index is 1290. The molecule has 8 nitrogen and oxygen atoms in total. The molecule has 0 aromatic carbocycles. The third-order valence-electron chi connectivity index (χ3n) is 11.7. The summed E-state index contributed by atoms with van der Waals surface area (Å²) in [6.45, 7) is 4.77. The summed E-state index contributed by atoms with van der Waals surface area (Å²) in [6.07, 6.45) is 63.6. The van der Waals surface area contributed by atoms with Crippen molar-refractivity contribution in [1.82, 2.24) is 5.32 Å². The van der Waals surface area contributed by atoms with E-state index < -0.39 is 20.0 Å². The van der Waals surface area contributed by atoms with Gasteiger partial charge in [-0.2, -0.15) is 0 Å². The Morgan fingerprint density at radius 2 is 0.923 bits per heavy atom. The maximum absolute atomic E-state index is 13.0. The molecule has 3 N–H and O–H groups in total. The second-order valence-electron chi connectivity index (χ2n) is 19.2. The molecule has 0 aliphatic heterocycles. The average Bonchev–Trinajstić information content (AvgIpc) is 3.26. The molecule has 3 atom stereocenters. The van der Waals surface area contributed by atoms with Crippen molar-refractivity contribution < 1.29 is 32.9 Å².